The van der Waals surface area contributed by atoms with E-state index in [2.05, 4.69) is 5.32 Å². The molecule has 0 saturated carbocycles. The van der Waals surface area contributed by atoms with Gasteiger partial charge in [-0.15, -0.1) is 0 Å². The third-order valence-electron chi connectivity index (χ3n) is 4.60. The summed E-state index contributed by atoms with van der Waals surface area (Å²) >= 11 is 5.95. The number of carbonyl (C=O) groups is 3. The van der Waals surface area contributed by atoms with Crippen molar-refractivity contribution in [1.82, 2.24) is 5.32 Å². The molecule has 1 aliphatic rings. The van der Waals surface area contributed by atoms with E-state index in [-0.39, 0.29) is 21.9 Å². The van der Waals surface area contributed by atoms with Gasteiger partial charge in [0.1, 0.15) is 16.2 Å². The van der Waals surface area contributed by atoms with E-state index in [0.717, 1.165) is 4.90 Å². The van der Waals surface area contributed by atoms with Gasteiger partial charge in [-0.1, -0.05) is 48.0 Å². The second-order valence-corrected chi connectivity index (χ2v) is 8.84. The summed E-state index contributed by atoms with van der Waals surface area (Å²) in [7, 11) is -4.01. The molecular weight excluding hydrogens is 468 g/mol. The average molecular weight is 483 g/mol. The maximum atomic E-state index is 12.9. The van der Waals surface area contributed by atoms with Crippen LogP contribution in [0.2, 0.25) is 5.02 Å². The van der Waals surface area contributed by atoms with Gasteiger partial charge in [0, 0.05) is 5.02 Å². The van der Waals surface area contributed by atoms with E-state index in [1.54, 1.807) is 30.3 Å². The minimum atomic E-state index is -4.01. The lowest BCUT2D eigenvalue weighted by molar-refractivity contribution is -0.122. The standard InChI is InChI=1S/C23H15ClN2O6S/c24-16-5-4-6-17(14-16)26-22(28)20(21(27)25-23(26)29)13-15-9-11-18(12-10-15)32-33(30,31)19-7-2-1-3-8-19/h1-14H,(H,25,27,29)/b20-13+. The molecule has 0 aromatic heterocycles. The predicted octanol–water partition coefficient (Wildman–Crippen LogP) is 3.77. The molecule has 166 valence electrons. The molecule has 3 aromatic rings. The van der Waals surface area contributed by atoms with E-state index in [1.807, 2.05) is 0 Å². The van der Waals surface area contributed by atoms with E-state index >= 15 is 0 Å². The van der Waals surface area contributed by atoms with Gasteiger partial charge in [0.2, 0.25) is 0 Å². The third kappa shape index (κ3) is 4.79. The molecule has 33 heavy (non-hydrogen) atoms. The number of rotatable bonds is 5. The van der Waals surface area contributed by atoms with Crippen molar-refractivity contribution in [3.05, 3.63) is 95.0 Å². The topological polar surface area (TPSA) is 110 Å². The van der Waals surface area contributed by atoms with Crippen LogP contribution in [0.15, 0.2) is 89.3 Å². The summed E-state index contributed by atoms with van der Waals surface area (Å²) in [5, 5.41) is 2.44. The number of carbonyl (C=O) groups excluding carboxylic acids is 3. The van der Waals surface area contributed by atoms with Crippen LogP contribution >= 0.6 is 11.6 Å². The van der Waals surface area contributed by atoms with Crippen molar-refractivity contribution in [2.24, 2.45) is 0 Å². The van der Waals surface area contributed by atoms with Gasteiger partial charge in [0.05, 0.1) is 5.69 Å². The Labute approximate surface area is 194 Å². The van der Waals surface area contributed by atoms with Crippen LogP contribution in [0.1, 0.15) is 5.56 Å². The third-order valence-corrected chi connectivity index (χ3v) is 6.09. The predicted molar refractivity (Wildman–Crippen MR) is 121 cm³/mol. The van der Waals surface area contributed by atoms with Crippen molar-refractivity contribution >= 4 is 51.3 Å². The minimum absolute atomic E-state index is 0.00596. The number of barbiturate groups is 1. The van der Waals surface area contributed by atoms with Crippen LogP contribution in [0.3, 0.4) is 0 Å². The molecule has 0 radical (unpaired) electrons. The normalized spacial score (nSPS) is 15.5. The molecule has 0 bridgehead atoms. The lowest BCUT2D eigenvalue weighted by atomic mass is 10.1. The van der Waals surface area contributed by atoms with Crippen molar-refractivity contribution in [2.45, 2.75) is 4.90 Å². The Hall–Kier alpha value is -3.95. The number of urea groups is 1. The van der Waals surface area contributed by atoms with Gasteiger partial charge < -0.3 is 4.18 Å². The highest BCUT2D eigenvalue weighted by molar-refractivity contribution is 7.87. The Morgan fingerprint density at radius 1 is 0.879 bits per heavy atom. The number of hydrogen-bond donors (Lipinski definition) is 1. The highest BCUT2D eigenvalue weighted by Crippen LogP contribution is 2.25. The lowest BCUT2D eigenvalue weighted by Gasteiger charge is -2.26. The number of anilines is 1. The highest BCUT2D eigenvalue weighted by Gasteiger charge is 2.36. The smallest absolute Gasteiger partial charge is 0.339 e. The SMILES string of the molecule is O=C1NC(=O)N(c2cccc(Cl)c2)C(=O)/C1=C/c1ccc(OS(=O)(=O)c2ccccc2)cc1. The minimum Gasteiger partial charge on any atom is -0.379 e. The Morgan fingerprint density at radius 2 is 1.58 bits per heavy atom. The fourth-order valence-corrected chi connectivity index (χ4v) is 4.19. The van der Waals surface area contributed by atoms with E-state index in [0.29, 0.717) is 10.6 Å². The van der Waals surface area contributed by atoms with Gasteiger partial charge in [-0.3, -0.25) is 14.9 Å². The summed E-state index contributed by atoms with van der Waals surface area (Å²) in [6, 6.07) is 18.6. The van der Waals surface area contributed by atoms with E-state index in [4.69, 9.17) is 15.8 Å². The maximum absolute atomic E-state index is 12.9. The monoisotopic (exact) mass is 482 g/mol. The number of amides is 4. The molecule has 0 spiro atoms. The molecule has 1 saturated heterocycles. The van der Waals surface area contributed by atoms with Crippen LogP contribution < -0.4 is 14.4 Å². The Balaban J connectivity index is 1.58. The lowest BCUT2D eigenvalue weighted by Crippen LogP contribution is -2.54. The Bertz CT molecular complexity index is 1390. The summed E-state index contributed by atoms with van der Waals surface area (Å²) in [5.74, 6) is -1.62. The number of nitrogens with one attached hydrogen (secondary N) is 1. The van der Waals surface area contributed by atoms with Crippen molar-refractivity contribution in [3.63, 3.8) is 0 Å². The molecule has 0 unspecified atom stereocenters. The Kier molecular flexibility index (Phi) is 5.99. The number of hydrogen-bond acceptors (Lipinski definition) is 6. The van der Waals surface area contributed by atoms with Crippen LogP contribution in [0.4, 0.5) is 10.5 Å². The van der Waals surface area contributed by atoms with Gasteiger partial charge in [-0.25, -0.2) is 9.69 Å². The molecule has 3 aromatic carbocycles. The average Bonchev–Trinajstić information content (AvgIpc) is 2.78. The first-order chi connectivity index (χ1) is 15.7. The van der Waals surface area contributed by atoms with Gasteiger partial charge in [-0.2, -0.15) is 8.42 Å². The Morgan fingerprint density at radius 3 is 2.24 bits per heavy atom. The largest absolute Gasteiger partial charge is 0.379 e. The summed E-state index contributed by atoms with van der Waals surface area (Å²) in [5.41, 5.74) is 0.344. The molecule has 0 atom stereocenters. The first kappa shape index (κ1) is 22.3. The fraction of sp³-hybridized carbons (Fsp3) is 0. The van der Waals surface area contributed by atoms with Crippen LogP contribution in [0.25, 0.3) is 6.08 Å². The highest BCUT2D eigenvalue weighted by atomic mass is 35.5. The second kappa shape index (κ2) is 8.89. The van der Waals surface area contributed by atoms with E-state index in [9.17, 15) is 22.8 Å². The zero-order valence-corrected chi connectivity index (χ0v) is 18.3. The van der Waals surface area contributed by atoms with Crippen LogP contribution in [-0.2, 0) is 19.7 Å². The van der Waals surface area contributed by atoms with Gasteiger partial charge in [0.25, 0.3) is 11.8 Å². The van der Waals surface area contributed by atoms with Gasteiger partial charge >= 0.3 is 16.1 Å². The molecular formula is C23H15ClN2O6S. The zero-order chi connectivity index (χ0) is 23.6. The van der Waals surface area contributed by atoms with Crippen molar-refractivity contribution in [3.8, 4) is 5.75 Å². The molecule has 8 nitrogen and oxygen atoms in total. The molecule has 1 heterocycles. The van der Waals surface area contributed by atoms with Crippen LogP contribution in [0.5, 0.6) is 5.75 Å². The number of halogens is 1. The van der Waals surface area contributed by atoms with Gasteiger partial charge in [-0.05, 0) is 54.1 Å². The molecule has 0 aliphatic carbocycles. The van der Waals surface area contributed by atoms with Crippen molar-refractivity contribution in [1.29, 1.82) is 0 Å². The quantitative estimate of drug-likeness (QED) is 0.337. The summed E-state index contributed by atoms with van der Waals surface area (Å²) in [4.78, 5) is 38.3. The molecule has 10 heteroatoms. The summed E-state index contributed by atoms with van der Waals surface area (Å²) < 4.78 is 29.8. The van der Waals surface area contributed by atoms with Crippen molar-refractivity contribution < 1.29 is 27.0 Å². The number of imide groups is 2. The first-order valence-electron chi connectivity index (χ1n) is 9.51. The van der Waals surface area contributed by atoms with E-state index in [1.165, 1.54) is 54.6 Å². The molecule has 1 fully saturated rings. The summed E-state index contributed by atoms with van der Waals surface area (Å²) in [6.45, 7) is 0. The molecule has 4 amide bonds. The number of nitrogens with zero attached hydrogens (tertiary/aromatic N) is 1. The first-order valence-corrected chi connectivity index (χ1v) is 11.3. The van der Waals surface area contributed by atoms with Crippen molar-refractivity contribution in [2.75, 3.05) is 4.90 Å². The van der Waals surface area contributed by atoms with Crippen LogP contribution in [0, 0.1) is 0 Å². The molecule has 4 rings (SSSR count). The van der Waals surface area contributed by atoms with Gasteiger partial charge in [0.15, 0.2) is 0 Å². The summed E-state index contributed by atoms with van der Waals surface area (Å²) in [6.07, 6.45) is 1.29. The van der Waals surface area contributed by atoms with Crippen LogP contribution in [-0.4, -0.2) is 26.3 Å². The second-order valence-electron chi connectivity index (χ2n) is 6.86. The molecule has 1 N–H and O–H groups in total. The maximum Gasteiger partial charge on any atom is 0.339 e. The zero-order valence-electron chi connectivity index (χ0n) is 16.8. The molecule has 1 aliphatic heterocycles. The van der Waals surface area contributed by atoms with E-state index < -0.39 is 28.0 Å². The number of benzene rings is 3. The fourth-order valence-electron chi connectivity index (χ4n) is 3.06.